The Hall–Kier alpha value is -1.37. The van der Waals surface area contributed by atoms with E-state index in [0.29, 0.717) is 16.9 Å². The van der Waals surface area contributed by atoms with Gasteiger partial charge in [-0.1, -0.05) is 11.2 Å². The van der Waals surface area contributed by atoms with E-state index in [0.717, 1.165) is 43.9 Å². The molecule has 2 aliphatic rings. The molecule has 0 aromatic carbocycles. The van der Waals surface area contributed by atoms with Crippen LogP contribution in [-0.4, -0.2) is 42.1 Å². The molecule has 23 heavy (non-hydrogen) atoms. The van der Waals surface area contributed by atoms with E-state index in [2.05, 4.69) is 10.5 Å². The van der Waals surface area contributed by atoms with Gasteiger partial charge in [-0.15, -0.1) is 23.7 Å². The fraction of sp³-hybridized carbons (Fsp3) is 0.500. The van der Waals surface area contributed by atoms with E-state index in [4.69, 9.17) is 4.52 Å². The van der Waals surface area contributed by atoms with Crippen molar-refractivity contribution in [2.24, 2.45) is 5.41 Å². The topological polar surface area (TPSA) is 58.4 Å². The molecular formula is C16H20ClN3O2S. The normalized spacial score (nSPS) is 19.7. The van der Waals surface area contributed by atoms with Gasteiger partial charge in [-0.05, 0) is 42.7 Å². The molecule has 2 saturated heterocycles. The fourth-order valence-corrected chi connectivity index (χ4v) is 4.15. The second-order valence-electron chi connectivity index (χ2n) is 6.27. The maximum atomic E-state index is 12.6. The molecule has 1 amide bonds. The first-order chi connectivity index (χ1) is 10.8. The number of hydrogen-bond donors (Lipinski definition) is 1. The number of aromatic nitrogens is 1. The zero-order valence-electron chi connectivity index (χ0n) is 12.8. The highest BCUT2D eigenvalue weighted by Crippen LogP contribution is 2.37. The number of rotatable bonds is 2. The van der Waals surface area contributed by atoms with Crippen molar-refractivity contribution >= 4 is 29.7 Å². The molecule has 124 valence electrons. The van der Waals surface area contributed by atoms with Gasteiger partial charge in [0, 0.05) is 25.7 Å². The predicted octanol–water partition coefficient (Wildman–Crippen LogP) is 3.04. The molecule has 2 aliphatic heterocycles. The maximum Gasteiger partial charge on any atom is 0.276 e. The molecule has 1 N–H and O–H groups in total. The highest BCUT2D eigenvalue weighted by atomic mass is 35.5. The van der Waals surface area contributed by atoms with E-state index in [1.54, 1.807) is 17.4 Å². The Morgan fingerprint density at radius 2 is 2.17 bits per heavy atom. The average molecular weight is 354 g/mol. The van der Waals surface area contributed by atoms with Crippen LogP contribution < -0.4 is 5.32 Å². The van der Waals surface area contributed by atoms with E-state index < -0.39 is 0 Å². The van der Waals surface area contributed by atoms with Gasteiger partial charge in [-0.2, -0.15) is 0 Å². The van der Waals surface area contributed by atoms with Gasteiger partial charge in [-0.3, -0.25) is 4.79 Å². The van der Waals surface area contributed by atoms with Crippen LogP contribution in [0.2, 0.25) is 0 Å². The van der Waals surface area contributed by atoms with Gasteiger partial charge in [0.1, 0.15) is 0 Å². The van der Waals surface area contributed by atoms with Crippen molar-refractivity contribution in [3.63, 3.8) is 0 Å². The van der Waals surface area contributed by atoms with Crippen molar-refractivity contribution in [1.82, 2.24) is 15.4 Å². The third-order valence-corrected chi connectivity index (χ3v) is 5.82. The number of nitrogens with zero attached hydrogens (tertiary/aromatic N) is 2. The lowest BCUT2D eigenvalue weighted by Gasteiger charge is -2.38. The summed E-state index contributed by atoms with van der Waals surface area (Å²) in [5.74, 6) is 0.666. The minimum atomic E-state index is -0.00707. The molecule has 0 saturated carbocycles. The second kappa shape index (κ2) is 6.63. The molecule has 2 aromatic rings. The molecule has 5 nitrogen and oxygen atoms in total. The number of nitrogens with one attached hydrogen (secondary N) is 1. The van der Waals surface area contributed by atoms with Crippen LogP contribution in [0.15, 0.2) is 28.1 Å². The summed E-state index contributed by atoms with van der Waals surface area (Å²) in [5, 5.41) is 9.40. The van der Waals surface area contributed by atoms with Gasteiger partial charge < -0.3 is 14.7 Å². The van der Waals surface area contributed by atoms with E-state index >= 15 is 0 Å². The Labute approximate surface area is 145 Å². The maximum absolute atomic E-state index is 12.6. The first kappa shape index (κ1) is 16.5. The molecule has 0 unspecified atom stereocenters. The zero-order chi connectivity index (χ0) is 15.0. The molecule has 4 rings (SSSR count). The van der Waals surface area contributed by atoms with Crippen LogP contribution in [0.3, 0.4) is 0 Å². The zero-order valence-corrected chi connectivity index (χ0v) is 14.4. The summed E-state index contributed by atoms with van der Waals surface area (Å²) in [4.78, 5) is 15.5. The van der Waals surface area contributed by atoms with Crippen LogP contribution >= 0.6 is 23.7 Å². The first-order valence-electron chi connectivity index (χ1n) is 7.76. The van der Waals surface area contributed by atoms with E-state index in [9.17, 15) is 4.79 Å². The summed E-state index contributed by atoms with van der Waals surface area (Å²) in [5.41, 5.74) is 0.840. The third kappa shape index (κ3) is 3.16. The summed E-state index contributed by atoms with van der Waals surface area (Å²) in [6.07, 6.45) is 3.41. The van der Waals surface area contributed by atoms with Crippen molar-refractivity contribution in [2.45, 2.75) is 19.3 Å². The van der Waals surface area contributed by atoms with E-state index in [1.165, 1.54) is 6.42 Å². The summed E-state index contributed by atoms with van der Waals surface area (Å²) in [6, 6.07) is 5.69. The number of halogens is 1. The average Bonchev–Trinajstić information content (AvgIpc) is 3.29. The quantitative estimate of drug-likeness (QED) is 0.901. The van der Waals surface area contributed by atoms with Gasteiger partial charge >= 0.3 is 0 Å². The first-order valence-corrected chi connectivity index (χ1v) is 8.64. The van der Waals surface area contributed by atoms with E-state index in [-0.39, 0.29) is 18.3 Å². The van der Waals surface area contributed by atoms with Gasteiger partial charge in [0.25, 0.3) is 5.91 Å². The van der Waals surface area contributed by atoms with Gasteiger partial charge in [0.05, 0.1) is 4.88 Å². The lowest BCUT2D eigenvalue weighted by molar-refractivity contribution is 0.0598. The Kier molecular flexibility index (Phi) is 4.75. The van der Waals surface area contributed by atoms with Crippen LogP contribution in [0.25, 0.3) is 10.6 Å². The minimum Gasteiger partial charge on any atom is -0.355 e. The van der Waals surface area contributed by atoms with Gasteiger partial charge in [0.2, 0.25) is 0 Å². The molecule has 4 heterocycles. The lowest BCUT2D eigenvalue weighted by Crippen LogP contribution is -2.44. The Morgan fingerprint density at radius 3 is 2.83 bits per heavy atom. The van der Waals surface area contributed by atoms with Crippen molar-refractivity contribution in [3.8, 4) is 10.6 Å². The number of carbonyl (C=O) groups is 1. The highest BCUT2D eigenvalue weighted by molar-refractivity contribution is 7.13. The van der Waals surface area contributed by atoms with Crippen LogP contribution in [0.5, 0.6) is 0 Å². The molecule has 2 aromatic heterocycles. The van der Waals surface area contributed by atoms with E-state index in [1.807, 2.05) is 22.4 Å². The summed E-state index contributed by atoms with van der Waals surface area (Å²) in [7, 11) is 0. The van der Waals surface area contributed by atoms with Crippen molar-refractivity contribution in [3.05, 3.63) is 29.3 Å². The largest absolute Gasteiger partial charge is 0.355 e. The molecule has 0 radical (unpaired) electrons. The fourth-order valence-electron chi connectivity index (χ4n) is 3.48. The van der Waals surface area contributed by atoms with Gasteiger partial charge in [0.15, 0.2) is 11.5 Å². The Balaban J connectivity index is 0.00000156. The summed E-state index contributed by atoms with van der Waals surface area (Å²) in [6.45, 7) is 3.85. The number of likely N-dealkylation sites (tertiary alicyclic amines) is 1. The molecule has 0 aliphatic carbocycles. The smallest absolute Gasteiger partial charge is 0.276 e. The molecule has 0 bridgehead atoms. The SMILES string of the molecule is Cl.O=C(c1cc(-c2cccs2)on1)N1CCC2(CCNC2)CC1. The van der Waals surface area contributed by atoms with Crippen LogP contribution in [0, 0.1) is 5.41 Å². The molecular weight excluding hydrogens is 334 g/mol. The Bertz CT molecular complexity index is 655. The summed E-state index contributed by atoms with van der Waals surface area (Å²) >= 11 is 1.58. The van der Waals surface area contributed by atoms with Crippen LogP contribution in [0.1, 0.15) is 29.8 Å². The monoisotopic (exact) mass is 353 g/mol. The highest BCUT2D eigenvalue weighted by Gasteiger charge is 2.38. The number of hydrogen-bond acceptors (Lipinski definition) is 5. The number of piperidine rings is 1. The van der Waals surface area contributed by atoms with Gasteiger partial charge in [-0.25, -0.2) is 0 Å². The third-order valence-electron chi connectivity index (χ3n) is 4.94. The number of amides is 1. The van der Waals surface area contributed by atoms with Crippen molar-refractivity contribution in [1.29, 1.82) is 0 Å². The van der Waals surface area contributed by atoms with Crippen LogP contribution in [-0.2, 0) is 0 Å². The summed E-state index contributed by atoms with van der Waals surface area (Å²) < 4.78 is 5.32. The standard InChI is InChI=1S/C16H19N3O2S.ClH/c20-15(12-10-13(21-18-12)14-2-1-9-22-14)19-7-4-16(5-8-19)3-6-17-11-16;/h1-2,9-10,17H,3-8,11H2;1H. The van der Waals surface area contributed by atoms with Crippen molar-refractivity contribution < 1.29 is 9.32 Å². The van der Waals surface area contributed by atoms with Crippen molar-refractivity contribution in [2.75, 3.05) is 26.2 Å². The molecule has 2 fully saturated rings. The lowest BCUT2D eigenvalue weighted by atomic mass is 9.78. The minimum absolute atomic E-state index is 0. The number of carbonyl (C=O) groups excluding carboxylic acids is 1. The molecule has 0 atom stereocenters. The predicted molar refractivity (Wildman–Crippen MR) is 92.1 cm³/mol. The molecule has 1 spiro atoms. The number of thiophene rings is 1. The second-order valence-corrected chi connectivity index (χ2v) is 7.22. The molecule has 7 heteroatoms. The van der Waals surface area contributed by atoms with Crippen LogP contribution in [0.4, 0.5) is 0 Å². The Morgan fingerprint density at radius 1 is 1.35 bits per heavy atom.